The number of allylic oxidation sites excluding steroid dienone is 1. The Labute approximate surface area is 259 Å². The van der Waals surface area contributed by atoms with E-state index in [4.69, 9.17) is 42.8 Å². The third-order valence-electron chi connectivity index (χ3n) is 6.69. The molecule has 0 spiro atoms. The van der Waals surface area contributed by atoms with Gasteiger partial charge in [0.2, 0.25) is 11.1 Å². The molecular formula is C31H31Cl2N5O3S. The lowest BCUT2D eigenvalue weighted by Gasteiger charge is -2.29. The van der Waals surface area contributed by atoms with Crippen molar-refractivity contribution < 1.29 is 14.3 Å². The van der Waals surface area contributed by atoms with Crippen molar-refractivity contribution in [2.75, 3.05) is 23.5 Å². The summed E-state index contributed by atoms with van der Waals surface area (Å²) in [5.74, 6) is 2.26. The largest absolute Gasteiger partial charge is 0.493 e. The Hall–Kier alpha value is -3.66. The molecule has 2 heterocycles. The maximum Gasteiger partial charge on any atom is 0.255 e. The second-order valence-electron chi connectivity index (χ2n) is 9.84. The van der Waals surface area contributed by atoms with E-state index in [0.29, 0.717) is 49.6 Å². The summed E-state index contributed by atoms with van der Waals surface area (Å²) < 4.78 is 13.6. The lowest BCUT2D eigenvalue weighted by molar-refractivity contribution is -0.113. The summed E-state index contributed by atoms with van der Waals surface area (Å²) in [5, 5.41) is 12.9. The predicted molar refractivity (Wildman–Crippen MR) is 169 cm³/mol. The van der Waals surface area contributed by atoms with E-state index in [1.54, 1.807) is 35.7 Å². The van der Waals surface area contributed by atoms with E-state index < -0.39 is 6.04 Å². The number of benzene rings is 3. The van der Waals surface area contributed by atoms with Crippen LogP contribution in [0.5, 0.6) is 11.5 Å². The number of carbonyl (C=O) groups is 1. The number of nitrogens with one attached hydrogen (secondary N) is 2. The van der Waals surface area contributed by atoms with Crippen LogP contribution in [-0.2, 0) is 11.4 Å². The highest BCUT2D eigenvalue weighted by molar-refractivity contribution is 7.99. The van der Waals surface area contributed by atoms with E-state index in [0.717, 1.165) is 28.9 Å². The molecule has 2 N–H and O–H groups in total. The summed E-state index contributed by atoms with van der Waals surface area (Å²) >= 11 is 14.0. The Morgan fingerprint density at radius 1 is 1.10 bits per heavy atom. The molecule has 0 saturated carbocycles. The molecule has 42 heavy (non-hydrogen) atoms. The molecule has 1 atom stereocenters. The summed E-state index contributed by atoms with van der Waals surface area (Å²) in [6.07, 6.45) is 0.993. The fraction of sp³-hybridized carbons (Fsp3) is 0.258. The molecule has 0 aliphatic carbocycles. The number of anilines is 2. The molecule has 4 aromatic rings. The molecule has 1 aromatic heterocycles. The van der Waals surface area contributed by atoms with Crippen LogP contribution in [-0.4, -0.2) is 33.5 Å². The normalized spacial score (nSPS) is 14.3. The van der Waals surface area contributed by atoms with E-state index in [2.05, 4.69) is 17.6 Å². The van der Waals surface area contributed by atoms with Crippen molar-refractivity contribution in [1.29, 1.82) is 0 Å². The topological polar surface area (TPSA) is 90.3 Å². The first kappa shape index (κ1) is 29.8. The second-order valence-corrected chi connectivity index (χ2v) is 11.7. The molecule has 5 rings (SSSR count). The van der Waals surface area contributed by atoms with Gasteiger partial charge in [0.25, 0.3) is 5.91 Å². The Morgan fingerprint density at radius 3 is 2.67 bits per heavy atom. The number of halogens is 2. The third kappa shape index (κ3) is 6.53. The molecule has 3 aromatic carbocycles. The molecule has 1 amide bonds. The van der Waals surface area contributed by atoms with Crippen LogP contribution in [0.1, 0.15) is 43.0 Å². The number of hydrogen-bond acceptors (Lipinski definition) is 7. The number of nitrogens with zero attached hydrogens (tertiary/aromatic N) is 3. The number of methoxy groups -OCH3 is 1. The summed E-state index contributed by atoms with van der Waals surface area (Å²) in [6.45, 7) is 6.20. The zero-order chi connectivity index (χ0) is 29.8. The van der Waals surface area contributed by atoms with E-state index in [1.165, 1.54) is 0 Å². The standard InChI is InChI=1S/C31H31Cl2N5O3S/c1-5-13-42-31-36-30-34-19(3)27(29(39)35-23-8-6-7-18(2)14-23)28(38(30)37-31)20-10-12-25(26(15-20)40-4)41-17-21-9-11-22(32)16-24(21)33/h6-12,14-16,28H,5,13,17H2,1-4H3,(H,35,39)(H,34,36,37). The van der Waals surface area contributed by atoms with E-state index in [9.17, 15) is 4.79 Å². The summed E-state index contributed by atoms with van der Waals surface area (Å²) in [7, 11) is 1.58. The van der Waals surface area contributed by atoms with Crippen LogP contribution in [0, 0.1) is 6.92 Å². The molecule has 1 aliphatic rings. The molecular weight excluding hydrogens is 593 g/mol. The first-order chi connectivity index (χ1) is 20.3. The number of carbonyl (C=O) groups excluding carboxylic acids is 1. The van der Waals surface area contributed by atoms with Crippen molar-refractivity contribution in [2.45, 2.75) is 45.0 Å². The average molecular weight is 625 g/mol. The number of aryl methyl sites for hydroxylation is 1. The predicted octanol–water partition coefficient (Wildman–Crippen LogP) is 7.91. The summed E-state index contributed by atoms with van der Waals surface area (Å²) in [6, 6.07) is 18.0. The Kier molecular flexibility index (Phi) is 9.30. The van der Waals surface area contributed by atoms with Gasteiger partial charge in [-0.3, -0.25) is 4.79 Å². The van der Waals surface area contributed by atoms with Gasteiger partial charge in [-0.15, -0.1) is 5.10 Å². The fourth-order valence-corrected chi connectivity index (χ4v) is 5.82. The van der Waals surface area contributed by atoms with Gasteiger partial charge in [0.1, 0.15) is 12.6 Å². The number of ether oxygens (including phenoxy) is 2. The maximum atomic E-state index is 13.8. The highest BCUT2D eigenvalue weighted by atomic mass is 35.5. The van der Waals surface area contributed by atoms with Crippen LogP contribution in [0.3, 0.4) is 0 Å². The van der Waals surface area contributed by atoms with Crippen molar-refractivity contribution in [3.63, 3.8) is 0 Å². The van der Waals surface area contributed by atoms with Crippen molar-refractivity contribution in [3.8, 4) is 11.5 Å². The zero-order valence-electron chi connectivity index (χ0n) is 23.7. The third-order valence-corrected chi connectivity index (χ3v) is 8.32. The minimum absolute atomic E-state index is 0.230. The number of hydrogen-bond donors (Lipinski definition) is 2. The first-order valence-electron chi connectivity index (χ1n) is 13.5. The van der Waals surface area contributed by atoms with E-state index >= 15 is 0 Å². The number of fused-ring (bicyclic) bond motifs is 1. The zero-order valence-corrected chi connectivity index (χ0v) is 26.0. The lowest BCUT2D eigenvalue weighted by Crippen LogP contribution is -2.31. The molecule has 0 radical (unpaired) electrons. The molecule has 1 unspecified atom stereocenters. The van der Waals surface area contributed by atoms with Gasteiger partial charge >= 0.3 is 0 Å². The van der Waals surface area contributed by atoms with Gasteiger partial charge in [-0.2, -0.15) is 4.98 Å². The molecule has 218 valence electrons. The highest BCUT2D eigenvalue weighted by Gasteiger charge is 2.35. The molecule has 8 nitrogen and oxygen atoms in total. The smallest absolute Gasteiger partial charge is 0.255 e. The van der Waals surface area contributed by atoms with E-state index in [1.807, 2.05) is 62.4 Å². The van der Waals surface area contributed by atoms with Gasteiger partial charge in [0.05, 0.1) is 12.7 Å². The van der Waals surface area contributed by atoms with Crippen LogP contribution in [0.15, 0.2) is 77.1 Å². The quantitative estimate of drug-likeness (QED) is 0.173. The van der Waals surface area contributed by atoms with Crippen molar-refractivity contribution in [3.05, 3.63) is 98.7 Å². The monoisotopic (exact) mass is 623 g/mol. The van der Waals surface area contributed by atoms with Crippen molar-refractivity contribution in [1.82, 2.24) is 14.8 Å². The Morgan fingerprint density at radius 2 is 1.93 bits per heavy atom. The SMILES string of the molecule is CCCSc1nc2n(n1)C(c1ccc(OCc3ccc(Cl)cc3Cl)c(OC)c1)C(C(=O)Nc1cccc(C)c1)=C(C)N2. The minimum Gasteiger partial charge on any atom is -0.493 e. The number of amides is 1. The van der Waals surface area contributed by atoms with Crippen molar-refractivity contribution in [2.24, 2.45) is 0 Å². The number of rotatable bonds is 10. The molecule has 11 heteroatoms. The summed E-state index contributed by atoms with van der Waals surface area (Å²) in [5.41, 5.74) is 4.55. The van der Waals surface area contributed by atoms with Gasteiger partial charge in [0.15, 0.2) is 11.5 Å². The first-order valence-corrected chi connectivity index (χ1v) is 15.2. The maximum absolute atomic E-state index is 13.8. The lowest BCUT2D eigenvalue weighted by atomic mass is 9.94. The minimum atomic E-state index is -0.566. The Bertz CT molecular complexity index is 1660. The van der Waals surface area contributed by atoms with Gasteiger partial charge in [-0.05, 0) is 67.8 Å². The van der Waals surface area contributed by atoms with Crippen molar-refractivity contribution >= 4 is 52.5 Å². The van der Waals surface area contributed by atoms with Crippen LogP contribution >= 0.6 is 35.0 Å². The average Bonchev–Trinajstić information content (AvgIpc) is 3.37. The number of thioether (sulfide) groups is 1. The van der Waals surface area contributed by atoms with Crippen LogP contribution < -0.4 is 20.1 Å². The fourth-order valence-electron chi connectivity index (χ4n) is 4.68. The van der Waals surface area contributed by atoms with Gasteiger partial charge in [-0.25, -0.2) is 4.68 Å². The number of aromatic nitrogens is 3. The van der Waals surface area contributed by atoms with Crippen LogP contribution in [0.4, 0.5) is 11.6 Å². The molecule has 0 bridgehead atoms. The van der Waals surface area contributed by atoms with Gasteiger partial charge in [0, 0.05) is 32.7 Å². The molecule has 1 aliphatic heterocycles. The second kappa shape index (κ2) is 13.1. The summed E-state index contributed by atoms with van der Waals surface area (Å²) in [4.78, 5) is 18.5. The molecule has 0 saturated heterocycles. The highest BCUT2D eigenvalue weighted by Crippen LogP contribution is 2.40. The van der Waals surface area contributed by atoms with E-state index in [-0.39, 0.29) is 12.5 Å². The van der Waals surface area contributed by atoms with Gasteiger partial charge < -0.3 is 20.1 Å². The van der Waals surface area contributed by atoms with Crippen LogP contribution in [0.25, 0.3) is 0 Å². The molecule has 0 fully saturated rings. The van der Waals surface area contributed by atoms with Crippen LogP contribution in [0.2, 0.25) is 10.0 Å². The Balaban J connectivity index is 1.51. The van der Waals surface area contributed by atoms with Gasteiger partial charge in [-0.1, -0.05) is 66.2 Å².